The average molecular weight is 473 g/mol. The second-order valence-electron chi connectivity index (χ2n) is 5.39. The first kappa shape index (κ1) is 21.0. The Labute approximate surface area is 170 Å². The van der Waals surface area contributed by atoms with Gasteiger partial charge in [0.1, 0.15) is 10.6 Å². The second-order valence-corrected chi connectivity index (χ2v) is 8.74. The molecule has 2 aromatic carbocycles. The summed E-state index contributed by atoms with van der Waals surface area (Å²) in [6.07, 6.45) is 1.78. The summed E-state index contributed by atoms with van der Waals surface area (Å²) in [5, 5.41) is 19.8. The number of rotatable bonds is 4. The highest BCUT2D eigenvalue weighted by molar-refractivity contribution is 9.10. The normalized spacial score (nSPS) is 12.1. The standard InChI is InChI=1S/C16H15BrClN5O3S/c1-22(2)27(25,26)15-11(18)7-8-13(14(15)24)23(9-19)16(20)21-12-6-4-3-5-10(12)17/h3-8,24H,1-2H3,(H2,20,21). The number of phenolic OH excluding ortho intramolecular Hbond substituents is 1. The van der Waals surface area contributed by atoms with E-state index >= 15 is 0 Å². The third-order valence-electron chi connectivity index (χ3n) is 3.46. The van der Waals surface area contributed by atoms with Gasteiger partial charge in [-0.05, 0) is 40.2 Å². The lowest BCUT2D eigenvalue weighted by molar-refractivity contribution is 0.454. The van der Waals surface area contributed by atoms with Crippen molar-refractivity contribution >= 4 is 54.9 Å². The molecule has 0 atom stereocenters. The van der Waals surface area contributed by atoms with E-state index in [0.29, 0.717) is 10.2 Å². The summed E-state index contributed by atoms with van der Waals surface area (Å²) >= 11 is 9.29. The SMILES string of the molecule is CN(C)S(=O)(=O)c1c(Cl)ccc(N(C#N)C(N)=Nc2ccccc2Br)c1O. The number of guanidine groups is 1. The molecule has 0 aliphatic rings. The Morgan fingerprint density at radius 1 is 1.30 bits per heavy atom. The van der Waals surface area contributed by atoms with Crippen LogP contribution in [0.5, 0.6) is 5.75 Å². The predicted octanol–water partition coefficient (Wildman–Crippen LogP) is 2.99. The number of hydrogen-bond donors (Lipinski definition) is 2. The molecular weight excluding hydrogens is 458 g/mol. The topological polar surface area (TPSA) is 123 Å². The van der Waals surface area contributed by atoms with Crippen LogP contribution >= 0.6 is 27.5 Å². The molecule has 0 aromatic heterocycles. The smallest absolute Gasteiger partial charge is 0.247 e. The zero-order chi connectivity index (χ0) is 20.4. The van der Waals surface area contributed by atoms with Gasteiger partial charge in [0.25, 0.3) is 0 Å². The quantitative estimate of drug-likeness (QED) is 0.305. The Bertz CT molecular complexity index is 1050. The number of aliphatic imine (C=N–C) groups is 1. The lowest BCUT2D eigenvalue weighted by Crippen LogP contribution is -2.33. The molecule has 8 nitrogen and oxygen atoms in total. The number of hydrogen-bond acceptors (Lipinski definition) is 5. The van der Waals surface area contributed by atoms with Crippen molar-refractivity contribution in [1.29, 1.82) is 5.26 Å². The molecule has 27 heavy (non-hydrogen) atoms. The second kappa shape index (κ2) is 8.14. The van der Waals surface area contributed by atoms with Crippen LogP contribution in [0.25, 0.3) is 0 Å². The van der Waals surface area contributed by atoms with Gasteiger partial charge in [0.2, 0.25) is 16.0 Å². The number of nitriles is 1. The molecule has 3 N–H and O–H groups in total. The maximum Gasteiger partial charge on any atom is 0.247 e. The van der Waals surface area contributed by atoms with Gasteiger partial charge in [-0.15, -0.1) is 0 Å². The summed E-state index contributed by atoms with van der Waals surface area (Å²) < 4.78 is 26.4. The van der Waals surface area contributed by atoms with Crippen molar-refractivity contribution in [2.45, 2.75) is 4.90 Å². The maximum absolute atomic E-state index is 12.5. The molecule has 0 radical (unpaired) electrons. The van der Waals surface area contributed by atoms with Gasteiger partial charge in [0.05, 0.1) is 10.7 Å². The largest absolute Gasteiger partial charge is 0.504 e. The number of aromatic hydroxyl groups is 1. The molecule has 142 valence electrons. The molecule has 0 aliphatic carbocycles. The molecule has 0 aliphatic heterocycles. The van der Waals surface area contributed by atoms with Crippen LogP contribution < -0.4 is 10.6 Å². The van der Waals surface area contributed by atoms with Crippen molar-refractivity contribution in [3.8, 4) is 11.9 Å². The summed E-state index contributed by atoms with van der Waals surface area (Å²) in [4.78, 5) is 4.42. The molecule has 0 saturated carbocycles. The van der Waals surface area contributed by atoms with Crippen LogP contribution in [0, 0.1) is 11.5 Å². The van der Waals surface area contributed by atoms with Crippen molar-refractivity contribution in [2.24, 2.45) is 10.7 Å². The van der Waals surface area contributed by atoms with Crippen molar-refractivity contribution in [3.63, 3.8) is 0 Å². The van der Waals surface area contributed by atoms with E-state index in [0.717, 1.165) is 9.21 Å². The molecule has 11 heteroatoms. The van der Waals surface area contributed by atoms with E-state index in [9.17, 15) is 18.8 Å². The number of sulfonamides is 1. The highest BCUT2D eigenvalue weighted by Gasteiger charge is 2.29. The van der Waals surface area contributed by atoms with E-state index < -0.39 is 20.7 Å². The van der Waals surface area contributed by atoms with Crippen LogP contribution in [0.3, 0.4) is 0 Å². The molecule has 0 bridgehead atoms. The number of benzene rings is 2. The molecule has 0 fully saturated rings. The Kier molecular flexibility index (Phi) is 6.33. The van der Waals surface area contributed by atoms with E-state index in [1.54, 1.807) is 30.5 Å². The van der Waals surface area contributed by atoms with Crippen molar-refractivity contribution in [1.82, 2.24) is 4.31 Å². The van der Waals surface area contributed by atoms with Gasteiger partial charge in [-0.3, -0.25) is 0 Å². The molecule has 0 unspecified atom stereocenters. The van der Waals surface area contributed by atoms with Crippen LogP contribution in [0.4, 0.5) is 11.4 Å². The predicted molar refractivity (Wildman–Crippen MR) is 108 cm³/mol. The fourth-order valence-corrected chi connectivity index (χ4v) is 3.94. The van der Waals surface area contributed by atoms with E-state index in [1.807, 2.05) is 0 Å². The van der Waals surface area contributed by atoms with Gasteiger partial charge >= 0.3 is 0 Å². The minimum Gasteiger partial charge on any atom is -0.504 e. The highest BCUT2D eigenvalue weighted by atomic mass is 79.9. The van der Waals surface area contributed by atoms with Crippen LogP contribution in [0.15, 0.2) is 50.8 Å². The van der Waals surface area contributed by atoms with Crippen LogP contribution in [0.1, 0.15) is 0 Å². The number of para-hydroxylation sites is 1. The summed E-state index contributed by atoms with van der Waals surface area (Å²) in [5.41, 5.74) is 6.19. The lowest BCUT2D eigenvalue weighted by Gasteiger charge is -2.20. The van der Waals surface area contributed by atoms with Crippen LogP contribution in [-0.2, 0) is 10.0 Å². The van der Waals surface area contributed by atoms with E-state index in [1.165, 1.54) is 26.2 Å². The van der Waals surface area contributed by atoms with Gasteiger partial charge in [0.15, 0.2) is 11.9 Å². The van der Waals surface area contributed by atoms with E-state index in [4.69, 9.17) is 17.3 Å². The molecular formula is C16H15BrClN5O3S. The summed E-state index contributed by atoms with van der Waals surface area (Å²) in [6, 6.07) is 9.45. The molecule has 0 amide bonds. The minimum absolute atomic E-state index is 0.171. The van der Waals surface area contributed by atoms with Gasteiger partial charge in [-0.25, -0.2) is 22.6 Å². The first-order valence-corrected chi connectivity index (χ1v) is 9.95. The molecule has 0 saturated heterocycles. The van der Waals surface area contributed by atoms with Gasteiger partial charge in [0, 0.05) is 18.6 Å². The Hall–Kier alpha value is -2.32. The Balaban J connectivity index is 2.63. The summed E-state index contributed by atoms with van der Waals surface area (Å²) in [5.74, 6) is -0.974. The Morgan fingerprint density at radius 2 is 1.93 bits per heavy atom. The van der Waals surface area contributed by atoms with Crippen LogP contribution in [-0.4, -0.2) is 37.9 Å². The fourth-order valence-electron chi connectivity index (χ4n) is 2.09. The summed E-state index contributed by atoms with van der Waals surface area (Å²) in [6.45, 7) is 0. The monoisotopic (exact) mass is 471 g/mol. The number of nitrogens with zero attached hydrogens (tertiary/aromatic N) is 4. The van der Waals surface area contributed by atoms with Crippen molar-refractivity contribution < 1.29 is 13.5 Å². The third-order valence-corrected chi connectivity index (χ3v) is 6.45. The number of nitrogens with two attached hydrogens (primary N) is 1. The highest BCUT2D eigenvalue weighted by Crippen LogP contribution is 2.39. The number of phenols is 1. The molecule has 0 heterocycles. The number of anilines is 1. The molecule has 0 spiro atoms. The number of halogens is 2. The van der Waals surface area contributed by atoms with Crippen LogP contribution in [0.2, 0.25) is 5.02 Å². The van der Waals surface area contributed by atoms with Crippen molar-refractivity contribution in [3.05, 3.63) is 45.9 Å². The minimum atomic E-state index is -4.07. The fraction of sp³-hybridized carbons (Fsp3) is 0.125. The third kappa shape index (κ3) is 4.17. The van der Waals surface area contributed by atoms with E-state index in [2.05, 4.69) is 20.9 Å². The zero-order valence-corrected chi connectivity index (χ0v) is 17.4. The first-order valence-electron chi connectivity index (χ1n) is 7.33. The van der Waals surface area contributed by atoms with Gasteiger partial charge in [-0.1, -0.05) is 23.7 Å². The maximum atomic E-state index is 12.5. The lowest BCUT2D eigenvalue weighted by atomic mass is 10.2. The average Bonchev–Trinajstić information content (AvgIpc) is 2.59. The first-order chi connectivity index (χ1) is 12.6. The molecule has 2 rings (SSSR count). The van der Waals surface area contributed by atoms with Gasteiger partial charge in [-0.2, -0.15) is 5.26 Å². The van der Waals surface area contributed by atoms with E-state index in [-0.39, 0.29) is 16.7 Å². The molecule has 2 aromatic rings. The Morgan fingerprint density at radius 3 is 2.48 bits per heavy atom. The van der Waals surface area contributed by atoms with Crippen molar-refractivity contribution in [2.75, 3.05) is 19.0 Å². The summed E-state index contributed by atoms with van der Waals surface area (Å²) in [7, 11) is -1.48. The zero-order valence-electron chi connectivity index (χ0n) is 14.3. The van der Waals surface area contributed by atoms with Gasteiger partial charge < -0.3 is 10.8 Å².